The number of carbonyl (C=O) groups is 3. The van der Waals surface area contributed by atoms with E-state index in [9.17, 15) is 14.4 Å². The second-order valence-corrected chi connectivity index (χ2v) is 6.27. The standard InChI is InChI=1S/C18H24N2O5/c1-12(14-6-8-25-9-7-14)18(24)20-15-4-2-13(3-5-15)10-16(21)19-11-17(22)23/h2-5,12,14H,6-11H2,1H3,(H,19,21)(H,20,24)(H,22,23). The fraction of sp³-hybridized carbons (Fsp3) is 0.500. The van der Waals surface area contributed by atoms with Crippen LogP contribution < -0.4 is 10.6 Å². The van der Waals surface area contributed by atoms with Crippen molar-refractivity contribution in [2.24, 2.45) is 11.8 Å². The third kappa shape index (κ3) is 6.19. The van der Waals surface area contributed by atoms with Gasteiger partial charge in [-0.3, -0.25) is 14.4 Å². The molecule has 1 saturated heterocycles. The van der Waals surface area contributed by atoms with Crippen LogP contribution in [0.3, 0.4) is 0 Å². The van der Waals surface area contributed by atoms with Crippen LogP contribution in [0.1, 0.15) is 25.3 Å². The predicted molar refractivity (Wildman–Crippen MR) is 92.1 cm³/mol. The van der Waals surface area contributed by atoms with E-state index in [2.05, 4.69) is 10.6 Å². The molecule has 2 amide bonds. The lowest BCUT2D eigenvalue weighted by atomic mass is 9.87. The number of carbonyl (C=O) groups excluding carboxylic acids is 2. The molecule has 1 unspecified atom stereocenters. The molecule has 0 radical (unpaired) electrons. The van der Waals surface area contributed by atoms with Crippen LogP contribution in [0.25, 0.3) is 0 Å². The molecule has 1 aromatic rings. The van der Waals surface area contributed by atoms with Crippen molar-refractivity contribution < 1.29 is 24.2 Å². The predicted octanol–water partition coefficient (Wildman–Crippen LogP) is 1.43. The topological polar surface area (TPSA) is 105 Å². The van der Waals surface area contributed by atoms with E-state index in [4.69, 9.17) is 9.84 Å². The van der Waals surface area contributed by atoms with Gasteiger partial charge in [-0.25, -0.2) is 0 Å². The first-order valence-corrected chi connectivity index (χ1v) is 8.41. The molecule has 1 aromatic carbocycles. The summed E-state index contributed by atoms with van der Waals surface area (Å²) in [5.74, 6) is -1.19. The first-order chi connectivity index (χ1) is 12.0. The lowest BCUT2D eigenvalue weighted by Crippen LogP contribution is -2.31. The summed E-state index contributed by atoms with van der Waals surface area (Å²) in [5.41, 5.74) is 1.43. The Hall–Kier alpha value is -2.41. The fourth-order valence-corrected chi connectivity index (χ4v) is 2.81. The maximum Gasteiger partial charge on any atom is 0.322 e. The normalized spacial score (nSPS) is 16.0. The van der Waals surface area contributed by atoms with Gasteiger partial charge in [0, 0.05) is 24.8 Å². The Morgan fingerprint density at radius 3 is 2.44 bits per heavy atom. The number of carboxylic acids is 1. The molecule has 0 aromatic heterocycles. The Bertz CT molecular complexity index is 608. The zero-order chi connectivity index (χ0) is 18.2. The van der Waals surface area contributed by atoms with Crippen LogP contribution in [0.5, 0.6) is 0 Å². The summed E-state index contributed by atoms with van der Waals surface area (Å²) in [4.78, 5) is 34.4. The maximum absolute atomic E-state index is 12.4. The monoisotopic (exact) mass is 348 g/mol. The molecular weight excluding hydrogens is 324 g/mol. The third-order valence-electron chi connectivity index (χ3n) is 4.41. The van der Waals surface area contributed by atoms with Crippen molar-refractivity contribution in [3.8, 4) is 0 Å². The Kier molecular flexibility index (Phi) is 6.94. The first kappa shape index (κ1) is 18.9. The highest BCUT2D eigenvalue weighted by Gasteiger charge is 2.25. The summed E-state index contributed by atoms with van der Waals surface area (Å²) in [6, 6.07) is 6.98. The lowest BCUT2D eigenvalue weighted by Gasteiger charge is -2.26. The van der Waals surface area contributed by atoms with E-state index in [-0.39, 0.29) is 24.2 Å². The molecule has 0 aliphatic carbocycles. The van der Waals surface area contributed by atoms with Gasteiger partial charge in [0.15, 0.2) is 0 Å². The van der Waals surface area contributed by atoms with Gasteiger partial charge in [-0.15, -0.1) is 0 Å². The summed E-state index contributed by atoms with van der Waals surface area (Å²) in [7, 11) is 0. The Labute approximate surface area is 146 Å². The minimum Gasteiger partial charge on any atom is -0.480 e. The Morgan fingerprint density at radius 1 is 1.20 bits per heavy atom. The number of ether oxygens (including phenoxy) is 1. The molecule has 0 spiro atoms. The van der Waals surface area contributed by atoms with Crippen LogP contribution in [0.15, 0.2) is 24.3 Å². The van der Waals surface area contributed by atoms with Crippen molar-refractivity contribution in [3.05, 3.63) is 29.8 Å². The van der Waals surface area contributed by atoms with Crippen molar-refractivity contribution in [2.45, 2.75) is 26.2 Å². The van der Waals surface area contributed by atoms with Crippen LogP contribution in [0, 0.1) is 11.8 Å². The lowest BCUT2D eigenvalue weighted by molar-refractivity contribution is -0.137. The van der Waals surface area contributed by atoms with Gasteiger partial charge in [0.1, 0.15) is 6.54 Å². The van der Waals surface area contributed by atoms with Crippen molar-refractivity contribution >= 4 is 23.5 Å². The summed E-state index contributed by atoms with van der Waals surface area (Å²) in [6.07, 6.45) is 1.90. The third-order valence-corrected chi connectivity index (χ3v) is 4.41. The Morgan fingerprint density at radius 2 is 1.84 bits per heavy atom. The summed E-state index contributed by atoms with van der Waals surface area (Å²) in [6.45, 7) is 2.96. The summed E-state index contributed by atoms with van der Waals surface area (Å²) in [5, 5.41) is 13.7. The largest absolute Gasteiger partial charge is 0.480 e. The van der Waals surface area contributed by atoms with Crippen LogP contribution in [0.2, 0.25) is 0 Å². The smallest absolute Gasteiger partial charge is 0.322 e. The van der Waals surface area contributed by atoms with E-state index in [0.29, 0.717) is 24.8 Å². The molecule has 136 valence electrons. The number of carboxylic acid groups (broad SMARTS) is 1. The van der Waals surface area contributed by atoms with Crippen LogP contribution in [-0.2, 0) is 25.5 Å². The molecule has 3 N–H and O–H groups in total. The van der Waals surface area contributed by atoms with Crippen LogP contribution >= 0.6 is 0 Å². The van der Waals surface area contributed by atoms with E-state index >= 15 is 0 Å². The van der Waals surface area contributed by atoms with Gasteiger partial charge in [-0.1, -0.05) is 19.1 Å². The van der Waals surface area contributed by atoms with Gasteiger partial charge < -0.3 is 20.5 Å². The number of aliphatic carboxylic acids is 1. The zero-order valence-electron chi connectivity index (χ0n) is 14.3. The van der Waals surface area contributed by atoms with E-state index in [1.807, 2.05) is 6.92 Å². The van der Waals surface area contributed by atoms with Crippen LogP contribution in [-0.4, -0.2) is 42.6 Å². The molecule has 1 aliphatic heterocycles. The highest BCUT2D eigenvalue weighted by Crippen LogP contribution is 2.24. The number of rotatable bonds is 7. The molecule has 0 saturated carbocycles. The van der Waals surface area contributed by atoms with Crippen molar-refractivity contribution in [3.63, 3.8) is 0 Å². The molecule has 0 bridgehead atoms. The zero-order valence-corrected chi connectivity index (χ0v) is 14.3. The molecule has 1 fully saturated rings. The maximum atomic E-state index is 12.4. The van der Waals surface area contributed by atoms with Gasteiger partial charge in [0.2, 0.25) is 11.8 Å². The summed E-state index contributed by atoms with van der Waals surface area (Å²) >= 11 is 0. The number of benzene rings is 1. The highest BCUT2D eigenvalue weighted by molar-refractivity contribution is 5.92. The second-order valence-electron chi connectivity index (χ2n) is 6.27. The average molecular weight is 348 g/mol. The number of hydrogen-bond acceptors (Lipinski definition) is 4. The number of nitrogens with one attached hydrogen (secondary N) is 2. The molecule has 25 heavy (non-hydrogen) atoms. The fourth-order valence-electron chi connectivity index (χ4n) is 2.81. The molecule has 2 rings (SSSR count). The number of hydrogen-bond donors (Lipinski definition) is 3. The highest BCUT2D eigenvalue weighted by atomic mass is 16.5. The average Bonchev–Trinajstić information content (AvgIpc) is 2.61. The quantitative estimate of drug-likeness (QED) is 0.691. The SMILES string of the molecule is CC(C(=O)Nc1ccc(CC(=O)NCC(=O)O)cc1)C1CCOCC1. The van der Waals surface area contributed by atoms with Gasteiger partial charge in [0.25, 0.3) is 0 Å². The first-order valence-electron chi connectivity index (χ1n) is 8.41. The van der Waals surface area contributed by atoms with E-state index < -0.39 is 12.5 Å². The van der Waals surface area contributed by atoms with Gasteiger partial charge >= 0.3 is 5.97 Å². The number of amides is 2. The summed E-state index contributed by atoms with van der Waals surface area (Å²) < 4.78 is 5.33. The minimum absolute atomic E-state index is 0.0150. The van der Waals surface area contributed by atoms with Crippen molar-refractivity contribution in [1.29, 1.82) is 0 Å². The number of anilines is 1. The van der Waals surface area contributed by atoms with Crippen molar-refractivity contribution in [1.82, 2.24) is 5.32 Å². The molecule has 1 atom stereocenters. The second kappa shape index (κ2) is 9.17. The minimum atomic E-state index is -1.08. The van der Waals surface area contributed by atoms with E-state index in [1.165, 1.54) is 0 Å². The molecule has 7 heteroatoms. The van der Waals surface area contributed by atoms with E-state index in [0.717, 1.165) is 18.4 Å². The van der Waals surface area contributed by atoms with Gasteiger partial charge in [-0.05, 0) is 36.5 Å². The molecular formula is C18H24N2O5. The molecule has 7 nitrogen and oxygen atoms in total. The van der Waals surface area contributed by atoms with E-state index in [1.54, 1.807) is 24.3 Å². The molecule has 1 heterocycles. The van der Waals surface area contributed by atoms with Gasteiger partial charge in [0.05, 0.1) is 6.42 Å². The Balaban J connectivity index is 1.83. The van der Waals surface area contributed by atoms with Gasteiger partial charge in [-0.2, -0.15) is 0 Å². The van der Waals surface area contributed by atoms with Crippen molar-refractivity contribution in [2.75, 3.05) is 25.1 Å². The molecule has 1 aliphatic rings. The van der Waals surface area contributed by atoms with Crippen LogP contribution in [0.4, 0.5) is 5.69 Å².